The number of thioether (sulfide) groups is 2. The van der Waals surface area contributed by atoms with E-state index in [2.05, 4.69) is 38.0 Å². The molecule has 0 radical (unpaired) electrons. The highest BCUT2D eigenvalue weighted by atomic mass is 32.2. The summed E-state index contributed by atoms with van der Waals surface area (Å²) in [6.07, 6.45) is 17.9. The van der Waals surface area contributed by atoms with E-state index in [4.69, 9.17) is 24.7 Å². The monoisotopic (exact) mass is 932 g/mol. The van der Waals surface area contributed by atoms with Gasteiger partial charge >= 0.3 is 11.7 Å². The average molecular weight is 933 g/mol. The maximum atomic E-state index is 11.6. The van der Waals surface area contributed by atoms with Crippen LogP contribution in [0.15, 0.2) is 89.1 Å². The lowest BCUT2D eigenvalue weighted by molar-refractivity contribution is -0.419. The van der Waals surface area contributed by atoms with Gasteiger partial charge in [0.1, 0.15) is 5.75 Å². The Balaban J connectivity index is 0. The Bertz CT molecular complexity index is 1850. The number of thiol groups is 1. The highest BCUT2D eigenvalue weighted by Gasteiger charge is 2.18. The number of nitrogens with zero attached hydrogens (tertiary/aromatic N) is 3. The molecular formula is C47H72N4O9S3. The Hall–Kier alpha value is -4.51. The van der Waals surface area contributed by atoms with Gasteiger partial charge in [-0.05, 0) is 93.0 Å². The number of benzene rings is 2. The first-order valence-corrected chi connectivity index (χ1v) is 23.9. The minimum absolute atomic E-state index is 0.0694. The van der Waals surface area contributed by atoms with Crippen LogP contribution in [0.25, 0.3) is 0 Å². The van der Waals surface area contributed by atoms with Crippen molar-refractivity contribution in [2.24, 2.45) is 17.6 Å². The van der Waals surface area contributed by atoms with Crippen molar-refractivity contribution < 1.29 is 33.6 Å². The van der Waals surface area contributed by atoms with Crippen molar-refractivity contribution in [1.82, 2.24) is 4.98 Å². The molecule has 352 valence electrons. The van der Waals surface area contributed by atoms with Gasteiger partial charge in [-0.2, -0.15) is 12.6 Å². The number of carbonyl (C=O) groups excluding carboxylic acids is 1. The van der Waals surface area contributed by atoms with Gasteiger partial charge in [-0.15, -0.1) is 23.5 Å². The van der Waals surface area contributed by atoms with E-state index in [1.165, 1.54) is 67.4 Å². The van der Waals surface area contributed by atoms with Gasteiger partial charge < -0.3 is 24.7 Å². The predicted molar refractivity (Wildman–Crippen MR) is 267 cm³/mol. The predicted octanol–water partition coefficient (Wildman–Crippen LogP) is 12.7. The average Bonchev–Trinajstić information content (AvgIpc) is 3.78. The van der Waals surface area contributed by atoms with Gasteiger partial charge in [0.2, 0.25) is 5.75 Å². The molecule has 1 aliphatic carbocycles. The van der Waals surface area contributed by atoms with Crippen LogP contribution in [0.3, 0.4) is 0 Å². The van der Waals surface area contributed by atoms with Gasteiger partial charge in [0.25, 0.3) is 5.70 Å². The first-order chi connectivity index (χ1) is 30.1. The van der Waals surface area contributed by atoms with Crippen molar-refractivity contribution in [3.63, 3.8) is 0 Å². The molecule has 1 fully saturated rings. The Morgan fingerprint density at radius 1 is 0.984 bits per heavy atom. The standard InChI is InChI=1S/C14H20O2S.C11H17NO3.C8H11NO2S.C6H6N2O2S.C6H12.C2H6/c1-11(9-10-17)7-8-14(15)16-13-6-4-3-5-12(13)2;1-7-5-9(13-2)11(15-4)10(14-3)8(7)6-12;1-4-5-6-8(9(10)11)7(2)12-3;1-11-6-5(8(9)10)3-2-4-7-6;1-6-4-2-3-5-6;1-2/h3-6,11,17H,7-10H2,1-2H3;5H,6,12H2,1-4H3;4-6H,1H2,2-3H3;2-4H,1H3;6H,2-5H2,1H3;1-2H3/b;;6-5-,8-7-;;;. The molecule has 4 rings (SSSR count). The molecule has 1 aromatic heterocycles. The minimum atomic E-state index is -0.432. The molecular weight excluding hydrogens is 861 g/mol. The van der Waals surface area contributed by atoms with Crippen molar-refractivity contribution >= 4 is 47.8 Å². The van der Waals surface area contributed by atoms with Crippen LogP contribution in [0.1, 0.15) is 96.3 Å². The summed E-state index contributed by atoms with van der Waals surface area (Å²) in [5.41, 5.74) is 8.83. The van der Waals surface area contributed by atoms with Gasteiger partial charge in [-0.25, -0.2) is 4.98 Å². The van der Waals surface area contributed by atoms with Crippen LogP contribution >= 0.6 is 36.2 Å². The molecule has 1 aliphatic rings. The third-order valence-electron chi connectivity index (χ3n) is 9.18. The molecule has 63 heavy (non-hydrogen) atoms. The van der Waals surface area contributed by atoms with E-state index in [0.717, 1.165) is 41.2 Å². The molecule has 0 bridgehead atoms. The number of nitro groups is 2. The van der Waals surface area contributed by atoms with Crippen LogP contribution in [-0.2, 0) is 11.3 Å². The van der Waals surface area contributed by atoms with Crippen LogP contribution in [0.5, 0.6) is 23.0 Å². The Morgan fingerprint density at radius 3 is 2.03 bits per heavy atom. The summed E-state index contributed by atoms with van der Waals surface area (Å²) in [4.78, 5) is 36.1. The smallest absolute Gasteiger partial charge is 0.311 e. The number of hydrogen-bond donors (Lipinski definition) is 2. The highest BCUT2D eigenvalue weighted by Crippen LogP contribution is 2.41. The number of carbonyl (C=O) groups is 1. The first-order valence-electron chi connectivity index (χ1n) is 20.8. The normalized spacial score (nSPS) is 12.3. The summed E-state index contributed by atoms with van der Waals surface area (Å²) < 4.78 is 21.1. The van der Waals surface area contributed by atoms with Gasteiger partial charge in [0.05, 0.1) is 36.1 Å². The van der Waals surface area contributed by atoms with Crippen molar-refractivity contribution in [3.05, 3.63) is 121 Å². The Kier molecular flexibility index (Phi) is 35.5. The lowest BCUT2D eigenvalue weighted by Crippen LogP contribution is -2.10. The van der Waals surface area contributed by atoms with E-state index in [9.17, 15) is 25.0 Å². The summed E-state index contributed by atoms with van der Waals surface area (Å²) in [5.74, 6) is 4.85. The number of esters is 1. The number of ether oxygens (including phenoxy) is 4. The van der Waals surface area contributed by atoms with Gasteiger partial charge in [-0.1, -0.05) is 90.3 Å². The molecule has 0 amide bonds. The first kappa shape index (κ1) is 60.6. The number of allylic oxidation sites excluding steroid dienone is 4. The lowest BCUT2D eigenvalue weighted by Gasteiger charge is -2.17. The van der Waals surface area contributed by atoms with Crippen LogP contribution in [0.4, 0.5) is 5.69 Å². The van der Waals surface area contributed by atoms with E-state index < -0.39 is 9.85 Å². The molecule has 1 atom stereocenters. The second-order valence-electron chi connectivity index (χ2n) is 13.7. The van der Waals surface area contributed by atoms with Crippen molar-refractivity contribution in [1.29, 1.82) is 0 Å². The van der Waals surface area contributed by atoms with Crippen molar-refractivity contribution in [2.45, 2.75) is 105 Å². The topological polar surface area (TPSA) is 179 Å². The molecule has 13 nitrogen and oxygen atoms in total. The van der Waals surface area contributed by atoms with Gasteiger partial charge in [-0.3, -0.25) is 25.0 Å². The third-order valence-corrected chi connectivity index (χ3v) is 11.0. The van der Waals surface area contributed by atoms with Crippen LogP contribution in [-0.4, -0.2) is 60.4 Å². The van der Waals surface area contributed by atoms with Crippen LogP contribution in [0, 0.1) is 45.9 Å². The van der Waals surface area contributed by atoms with E-state index in [-0.39, 0.29) is 17.4 Å². The van der Waals surface area contributed by atoms with E-state index >= 15 is 0 Å². The quantitative estimate of drug-likeness (QED) is 0.0264. The number of aromatic nitrogens is 1. The molecule has 1 saturated carbocycles. The maximum absolute atomic E-state index is 11.6. The fourth-order valence-electron chi connectivity index (χ4n) is 5.54. The molecule has 0 aliphatic heterocycles. The fourth-order valence-corrected chi connectivity index (χ4v) is 6.85. The van der Waals surface area contributed by atoms with Gasteiger partial charge in [0.15, 0.2) is 16.5 Å². The Labute approximate surface area is 390 Å². The zero-order valence-corrected chi connectivity index (χ0v) is 42.0. The molecule has 16 heteroatoms. The number of aryl methyl sites for hydroxylation is 2. The van der Waals surface area contributed by atoms with E-state index in [0.29, 0.717) is 51.8 Å². The van der Waals surface area contributed by atoms with Crippen LogP contribution < -0.4 is 24.7 Å². The molecule has 0 spiro atoms. The number of para-hydroxylation sites is 1. The molecule has 2 N–H and O–H groups in total. The molecule has 1 heterocycles. The molecule has 2 aromatic carbocycles. The highest BCUT2D eigenvalue weighted by molar-refractivity contribution is 8.02. The number of methoxy groups -OCH3 is 3. The molecule has 0 saturated heterocycles. The number of nitrogens with two attached hydrogens (primary N) is 1. The minimum Gasteiger partial charge on any atom is -0.493 e. The van der Waals surface area contributed by atoms with E-state index in [1.807, 2.05) is 58.0 Å². The van der Waals surface area contributed by atoms with E-state index in [1.54, 1.807) is 59.1 Å². The third kappa shape index (κ3) is 24.8. The molecule has 3 aromatic rings. The lowest BCUT2D eigenvalue weighted by atomic mass is 10.0. The largest absolute Gasteiger partial charge is 0.493 e. The zero-order valence-electron chi connectivity index (χ0n) is 39.4. The number of pyridine rings is 1. The molecule has 1 unspecified atom stereocenters. The van der Waals surface area contributed by atoms with Crippen molar-refractivity contribution in [2.75, 3.05) is 39.6 Å². The zero-order chi connectivity index (χ0) is 48.3. The van der Waals surface area contributed by atoms with Gasteiger partial charge in [0, 0.05) is 36.9 Å². The summed E-state index contributed by atoms with van der Waals surface area (Å²) in [5, 5.41) is 21.2. The second kappa shape index (κ2) is 36.9. The van der Waals surface area contributed by atoms with Crippen molar-refractivity contribution in [3.8, 4) is 23.0 Å². The number of hydrogen-bond acceptors (Lipinski definition) is 14. The SMILES string of the molecule is C=C/C=C\C(=C(/C)SC)[N+](=O)[O-].CC.CC1CCCC1.COc1cc(C)c(CN)c(OC)c1OC.CSc1ncccc1[N+](=O)[O-].Cc1ccccc1OC(=O)CCC(C)CCS. The Morgan fingerprint density at radius 2 is 1.60 bits per heavy atom. The summed E-state index contributed by atoms with van der Waals surface area (Å²) in [7, 11) is 4.77. The maximum Gasteiger partial charge on any atom is 0.311 e. The summed E-state index contributed by atoms with van der Waals surface area (Å²) >= 11 is 6.82. The summed E-state index contributed by atoms with van der Waals surface area (Å²) in [6, 6.07) is 12.5. The van der Waals surface area contributed by atoms with Crippen LogP contribution in [0.2, 0.25) is 0 Å². The number of rotatable bonds is 16. The fraction of sp³-hybridized carbons (Fsp3) is 0.489. The summed E-state index contributed by atoms with van der Waals surface area (Å²) in [6.45, 7) is 17.9. The second-order valence-corrected chi connectivity index (χ2v) is 16.0.